The summed E-state index contributed by atoms with van der Waals surface area (Å²) in [6.45, 7) is 3.77. The normalized spacial score (nSPS) is 10.3. The Labute approximate surface area is 160 Å². The number of aromatic nitrogens is 2. The van der Waals surface area contributed by atoms with Gasteiger partial charge in [0.2, 0.25) is 5.91 Å². The highest BCUT2D eigenvalue weighted by atomic mass is 32.2. The minimum atomic E-state index is -0.587. The minimum Gasteiger partial charge on any atom is -0.496 e. The van der Waals surface area contributed by atoms with Crippen molar-refractivity contribution in [2.45, 2.75) is 25.4 Å². The molecule has 0 bridgehead atoms. The van der Waals surface area contributed by atoms with E-state index in [2.05, 4.69) is 15.3 Å². The molecule has 0 aliphatic heterocycles. The van der Waals surface area contributed by atoms with Crippen LogP contribution in [0.3, 0.4) is 0 Å². The Kier molecular flexibility index (Phi) is 7.42. The Hall–Kier alpha value is -2.81. The van der Waals surface area contributed by atoms with Crippen LogP contribution < -0.4 is 15.7 Å². The Morgan fingerprint density at radius 3 is 2.74 bits per heavy atom. The number of methoxy groups -OCH3 is 1. The molecular formula is C18H21N3O5S. The number of benzene rings is 1. The maximum atomic E-state index is 12.2. The summed E-state index contributed by atoms with van der Waals surface area (Å²) in [6.07, 6.45) is 0. The second kappa shape index (κ2) is 9.77. The molecule has 0 atom stereocenters. The third-order valence-corrected chi connectivity index (χ3v) is 4.55. The molecule has 2 N–H and O–H groups in total. The monoisotopic (exact) mass is 391 g/mol. The van der Waals surface area contributed by atoms with Gasteiger partial charge in [-0.2, -0.15) is 4.98 Å². The van der Waals surface area contributed by atoms with E-state index in [0.29, 0.717) is 18.0 Å². The number of thioether (sulfide) groups is 1. The molecule has 1 amide bonds. The number of nitrogens with zero attached hydrogens (tertiary/aromatic N) is 1. The van der Waals surface area contributed by atoms with Crippen molar-refractivity contribution >= 4 is 23.6 Å². The molecule has 1 aromatic heterocycles. The van der Waals surface area contributed by atoms with Gasteiger partial charge in [0.25, 0.3) is 0 Å². The number of para-hydroxylation sites is 1. The smallest absolute Gasteiger partial charge is 0.346 e. The maximum absolute atomic E-state index is 12.2. The molecule has 0 saturated heterocycles. The Balaban J connectivity index is 2.04. The molecule has 27 heavy (non-hydrogen) atoms. The van der Waals surface area contributed by atoms with Crippen LogP contribution in [0.5, 0.6) is 5.75 Å². The predicted octanol–water partition coefficient (Wildman–Crippen LogP) is 1.67. The number of carbonyl (C=O) groups excluding carboxylic acids is 2. The zero-order valence-electron chi connectivity index (χ0n) is 15.3. The lowest BCUT2D eigenvalue weighted by Gasteiger charge is -2.11. The molecular weight excluding hydrogens is 370 g/mol. The highest BCUT2D eigenvalue weighted by Crippen LogP contribution is 2.22. The first-order valence-electron chi connectivity index (χ1n) is 8.25. The number of esters is 1. The summed E-state index contributed by atoms with van der Waals surface area (Å²) >= 11 is 1.01. The van der Waals surface area contributed by atoms with E-state index in [-0.39, 0.29) is 28.9 Å². The third-order valence-electron chi connectivity index (χ3n) is 3.57. The molecule has 0 fully saturated rings. The fraction of sp³-hybridized carbons (Fsp3) is 0.333. The summed E-state index contributed by atoms with van der Waals surface area (Å²) in [4.78, 5) is 42.2. The summed E-state index contributed by atoms with van der Waals surface area (Å²) in [7, 11) is 1.56. The molecule has 144 valence electrons. The van der Waals surface area contributed by atoms with Gasteiger partial charge >= 0.3 is 11.7 Å². The largest absolute Gasteiger partial charge is 0.496 e. The highest BCUT2D eigenvalue weighted by Gasteiger charge is 2.20. The van der Waals surface area contributed by atoms with Gasteiger partial charge < -0.3 is 19.8 Å². The van der Waals surface area contributed by atoms with Crippen molar-refractivity contribution in [2.24, 2.45) is 0 Å². The number of nitrogens with one attached hydrogen (secondary N) is 2. The first kappa shape index (κ1) is 20.5. The molecule has 0 aliphatic rings. The van der Waals surface area contributed by atoms with Crippen LogP contribution in [0.15, 0.2) is 34.1 Å². The standard InChI is InChI=1S/C18H21N3O5S/c1-4-26-17(23)15-11(2)20-18(24)21-16(15)27-10-14(22)19-9-12-7-5-6-8-13(12)25-3/h5-8H,4,9-10H2,1-3H3,(H,19,22)(H,20,21,24). The average molecular weight is 391 g/mol. The van der Waals surface area contributed by atoms with Crippen molar-refractivity contribution in [3.8, 4) is 5.75 Å². The number of amides is 1. The van der Waals surface area contributed by atoms with E-state index >= 15 is 0 Å². The molecule has 2 rings (SSSR count). The number of aromatic amines is 1. The van der Waals surface area contributed by atoms with Crippen molar-refractivity contribution in [2.75, 3.05) is 19.5 Å². The number of rotatable bonds is 8. The highest BCUT2D eigenvalue weighted by molar-refractivity contribution is 8.00. The number of carbonyl (C=O) groups is 2. The maximum Gasteiger partial charge on any atom is 0.346 e. The molecule has 0 saturated carbocycles. The molecule has 9 heteroatoms. The molecule has 0 radical (unpaired) electrons. The zero-order valence-corrected chi connectivity index (χ0v) is 16.1. The van der Waals surface area contributed by atoms with Gasteiger partial charge in [0, 0.05) is 17.8 Å². The molecule has 2 aromatic rings. The van der Waals surface area contributed by atoms with Crippen LogP contribution in [0.2, 0.25) is 0 Å². The van der Waals surface area contributed by atoms with Crippen molar-refractivity contribution in [3.63, 3.8) is 0 Å². The second-order valence-electron chi connectivity index (χ2n) is 5.44. The number of aryl methyl sites for hydroxylation is 1. The summed E-state index contributed by atoms with van der Waals surface area (Å²) in [6, 6.07) is 7.36. The predicted molar refractivity (Wildman–Crippen MR) is 101 cm³/mol. The summed E-state index contributed by atoms with van der Waals surface area (Å²) < 4.78 is 10.2. The van der Waals surface area contributed by atoms with E-state index in [1.807, 2.05) is 24.3 Å². The van der Waals surface area contributed by atoms with Crippen molar-refractivity contribution in [1.82, 2.24) is 15.3 Å². The van der Waals surface area contributed by atoms with Gasteiger partial charge in [0.05, 0.1) is 19.5 Å². The Morgan fingerprint density at radius 2 is 2.04 bits per heavy atom. The van der Waals surface area contributed by atoms with Crippen LogP contribution in [0.4, 0.5) is 0 Å². The van der Waals surface area contributed by atoms with E-state index in [9.17, 15) is 14.4 Å². The van der Waals surface area contributed by atoms with Gasteiger partial charge in [0.1, 0.15) is 16.3 Å². The molecule has 8 nitrogen and oxygen atoms in total. The van der Waals surface area contributed by atoms with E-state index < -0.39 is 11.7 Å². The van der Waals surface area contributed by atoms with Crippen molar-refractivity contribution < 1.29 is 19.1 Å². The summed E-state index contributed by atoms with van der Waals surface area (Å²) in [5.74, 6) is -0.171. The fourth-order valence-corrected chi connectivity index (χ4v) is 3.23. The lowest BCUT2D eigenvalue weighted by atomic mass is 10.2. The van der Waals surface area contributed by atoms with Crippen LogP contribution in [-0.2, 0) is 16.1 Å². The molecule has 1 heterocycles. The fourth-order valence-electron chi connectivity index (χ4n) is 2.34. The van der Waals surface area contributed by atoms with Gasteiger partial charge in [-0.15, -0.1) is 0 Å². The lowest BCUT2D eigenvalue weighted by Crippen LogP contribution is -2.25. The van der Waals surface area contributed by atoms with E-state index in [1.165, 1.54) is 0 Å². The van der Waals surface area contributed by atoms with Crippen LogP contribution in [0, 0.1) is 6.92 Å². The minimum absolute atomic E-state index is 0.00253. The molecule has 1 aromatic carbocycles. The first-order chi connectivity index (χ1) is 13.0. The van der Waals surface area contributed by atoms with E-state index in [4.69, 9.17) is 9.47 Å². The number of H-pyrrole nitrogens is 1. The molecule has 0 spiro atoms. The van der Waals surface area contributed by atoms with Crippen molar-refractivity contribution in [3.05, 3.63) is 51.6 Å². The van der Waals surface area contributed by atoms with Gasteiger partial charge in [-0.3, -0.25) is 4.79 Å². The average Bonchev–Trinajstić information content (AvgIpc) is 2.64. The topological polar surface area (TPSA) is 110 Å². The zero-order chi connectivity index (χ0) is 19.8. The first-order valence-corrected chi connectivity index (χ1v) is 9.24. The van der Waals surface area contributed by atoms with Gasteiger partial charge in [0.15, 0.2) is 0 Å². The molecule has 0 aliphatic carbocycles. The number of ether oxygens (including phenoxy) is 2. The van der Waals surface area contributed by atoms with Crippen molar-refractivity contribution in [1.29, 1.82) is 0 Å². The van der Waals surface area contributed by atoms with Crippen LogP contribution in [0.1, 0.15) is 28.5 Å². The van der Waals surface area contributed by atoms with E-state index in [1.54, 1.807) is 21.0 Å². The summed E-state index contributed by atoms with van der Waals surface area (Å²) in [5.41, 5.74) is 0.775. The summed E-state index contributed by atoms with van der Waals surface area (Å²) in [5, 5.41) is 2.95. The lowest BCUT2D eigenvalue weighted by molar-refractivity contribution is -0.118. The van der Waals surface area contributed by atoms with Gasteiger partial charge in [-0.05, 0) is 19.9 Å². The number of hydrogen-bond acceptors (Lipinski definition) is 7. The van der Waals surface area contributed by atoms with E-state index in [0.717, 1.165) is 17.3 Å². The quantitative estimate of drug-likeness (QED) is 0.400. The van der Waals surface area contributed by atoms with Crippen LogP contribution in [0.25, 0.3) is 0 Å². The van der Waals surface area contributed by atoms with Crippen LogP contribution >= 0.6 is 11.8 Å². The van der Waals surface area contributed by atoms with Gasteiger partial charge in [-0.1, -0.05) is 30.0 Å². The SMILES string of the molecule is CCOC(=O)c1c(SCC(=O)NCc2ccccc2OC)nc(=O)[nH]c1C. The van der Waals surface area contributed by atoms with Crippen LogP contribution in [-0.4, -0.2) is 41.3 Å². The van der Waals surface area contributed by atoms with Gasteiger partial charge in [-0.25, -0.2) is 9.59 Å². The second-order valence-corrected chi connectivity index (χ2v) is 6.41. The Morgan fingerprint density at radius 1 is 1.30 bits per heavy atom. The number of hydrogen-bond donors (Lipinski definition) is 2. The Bertz CT molecular complexity index is 882. The third kappa shape index (κ3) is 5.58. The molecule has 0 unspecified atom stereocenters.